The molecule has 0 aromatic carbocycles. The van der Waals surface area contributed by atoms with Crippen LogP contribution in [0.2, 0.25) is 0 Å². The molecule has 0 aliphatic carbocycles. The van der Waals surface area contributed by atoms with Gasteiger partial charge in [0.25, 0.3) is 0 Å². The minimum atomic E-state index is 0. The van der Waals surface area contributed by atoms with Gasteiger partial charge in [0, 0.05) is 32.7 Å². The summed E-state index contributed by atoms with van der Waals surface area (Å²) < 4.78 is 1.04. The monoisotopic (exact) mass is 237 g/mol. The molecular formula is C2N2S3Y-2. The van der Waals surface area contributed by atoms with Crippen LogP contribution in [0.5, 0.6) is 0 Å². The third kappa shape index (κ3) is 2.59. The van der Waals surface area contributed by atoms with E-state index in [1.54, 1.807) is 0 Å². The van der Waals surface area contributed by atoms with Crippen LogP contribution in [-0.4, -0.2) is 10.2 Å². The van der Waals surface area contributed by atoms with Gasteiger partial charge in [-0.25, -0.2) is 0 Å². The summed E-state index contributed by atoms with van der Waals surface area (Å²) in [5, 5.41) is 6.99. The van der Waals surface area contributed by atoms with Gasteiger partial charge >= 0.3 is 0 Å². The van der Waals surface area contributed by atoms with E-state index in [9.17, 15) is 0 Å². The molecule has 1 heterocycles. The number of aromatic nitrogens is 2. The van der Waals surface area contributed by atoms with Crippen LogP contribution < -0.4 is 0 Å². The molecule has 0 saturated heterocycles. The average Bonchev–Trinajstić information content (AvgIpc) is 1.87. The van der Waals surface area contributed by atoms with Crippen molar-refractivity contribution in [1.29, 1.82) is 0 Å². The van der Waals surface area contributed by atoms with Gasteiger partial charge in [0.15, 0.2) is 0 Å². The normalized spacial score (nSPS) is 8.00. The summed E-state index contributed by atoms with van der Waals surface area (Å²) in [5.41, 5.74) is 0. The van der Waals surface area contributed by atoms with Gasteiger partial charge in [0.2, 0.25) is 0 Å². The molecule has 0 bridgehead atoms. The Labute approximate surface area is 87.2 Å². The maximum Gasteiger partial charge on any atom is 0 e. The molecular weight excluding hydrogens is 237 g/mol. The molecule has 0 aliphatic rings. The van der Waals surface area contributed by atoms with Crippen LogP contribution in [-0.2, 0) is 58.0 Å². The maximum absolute atomic E-state index is 4.61. The van der Waals surface area contributed by atoms with Gasteiger partial charge < -0.3 is 36.6 Å². The van der Waals surface area contributed by atoms with Gasteiger partial charge in [-0.05, 0) is 8.68 Å². The molecule has 0 aliphatic heterocycles. The van der Waals surface area contributed by atoms with Crippen LogP contribution in [0, 0.1) is 0 Å². The fraction of sp³-hybridized carbons (Fsp3) is 0. The SMILES string of the molecule is [S-]c1nnc([S-])s1.[Y]. The summed E-state index contributed by atoms with van der Waals surface area (Å²) in [6.07, 6.45) is 0. The topological polar surface area (TPSA) is 25.8 Å². The summed E-state index contributed by atoms with van der Waals surface area (Å²) in [5.74, 6) is 0. The van der Waals surface area contributed by atoms with E-state index in [0.29, 0.717) is 8.68 Å². The first kappa shape index (κ1) is 9.10. The van der Waals surface area contributed by atoms with E-state index >= 15 is 0 Å². The summed E-state index contributed by atoms with van der Waals surface area (Å²) in [7, 11) is 0. The first-order valence-corrected chi connectivity index (χ1v) is 3.10. The van der Waals surface area contributed by atoms with Crippen LogP contribution in [0.25, 0.3) is 0 Å². The molecule has 0 N–H and O–H groups in total. The van der Waals surface area contributed by atoms with Gasteiger partial charge in [0.05, 0.1) is 0 Å². The van der Waals surface area contributed by atoms with E-state index in [2.05, 4.69) is 35.5 Å². The van der Waals surface area contributed by atoms with Gasteiger partial charge in [-0.1, -0.05) is 0 Å². The van der Waals surface area contributed by atoms with E-state index in [-0.39, 0.29) is 32.7 Å². The summed E-state index contributed by atoms with van der Waals surface area (Å²) in [4.78, 5) is 0. The zero-order valence-corrected chi connectivity index (χ0v) is 8.98. The van der Waals surface area contributed by atoms with E-state index in [0.717, 1.165) is 0 Å². The van der Waals surface area contributed by atoms with E-state index < -0.39 is 0 Å². The van der Waals surface area contributed by atoms with Crippen LogP contribution in [0.1, 0.15) is 0 Å². The van der Waals surface area contributed by atoms with Crippen molar-refractivity contribution < 1.29 is 32.7 Å². The number of nitrogens with zero attached hydrogens (tertiary/aromatic N) is 2. The number of hydrogen-bond donors (Lipinski definition) is 0. The second-order valence-electron chi connectivity index (χ2n) is 0.834. The molecule has 41 valence electrons. The van der Waals surface area contributed by atoms with Gasteiger partial charge in [0.1, 0.15) is 0 Å². The van der Waals surface area contributed by atoms with Crippen LogP contribution >= 0.6 is 11.3 Å². The zero-order chi connectivity index (χ0) is 5.28. The van der Waals surface area contributed by atoms with Crippen molar-refractivity contribution in [2.75, 3.05) is 0 Å². The molecule has 8 heavy (non-hydrogen) atoms. The predicted octanol–water partition coefficient (Wildman–Crippen LogP) is 0.347. The summed E-state index contributed by atoms with van der Waals surface area (Å²) in [6.45, 7) is 0. The Morgan fingerprint density at radius 1 is 1.12 bits per heavy atom. The minimum Gasteiger partial charge on any atom is -0.406 e. The van der Waals surface area contributed by atoms with Gasteiger partial charge in [-0.15, -0.1) is 0 Å². The minimum absolute atomic E-state index is 0. The smallest absolute Gasteiger partial charge is 0 e. The van der Waals surface area contributed by atoms with Gasteiger partial charge in [-0.2, -0.15) is 10.2 Å². The van der Waals surface area contributed by atoms with Crippen LogP contribution in [0.3, 0.4) is 0 Å². The van der Waals surface area contributed by atoms with E-state index in [4.69, 9.17) is 0 Å². The van der Waals surface area contributed by atoms with Gasteiger partial charge in [-0.3, -0.25) is 0 Å². The van der Waals surface area contributed by atoms with Crippen molar-refractivity contribution in [3.8, 4) is 0 Å². The Balaban J connectivity index is 0.000000490. The second kappa shape index (κ2) is 4.01. The Morgan fingerprint density at radius 3 is 1.62 bits per heavy atom. The molecule has 1 rings (SSSR count). The Kier molecular flexibility index (Phi) is 4.56. The Bertz CT molecular complexity index is 148. The van der Waals surface area contributed by atoms with Crippen molar-refractivity contribution in [3.05, 3.63) is 0 Å². The van der Waals surface area contributed by atoms with Crippen molar-refractivity contribution in [2.45, 2.75) is 8.68 Å². The van der Waals surface area contributed by atoms with Crippen LogP contribution in [0.4, 0.5) is 0 Å². The summed E-state index contributed by atoms with van der Waals surface area (Å²) >= 11 is 10.5. The molecule has 6 heteroatoms. The largest absolute Gasteiger partial charge is 0.406 e. The second-order valence-corrected chi connectivity index (χ2v) is 3.10. The third-order valence-corrected chi connectivity index (χ3v) is 1.56. The predicted molar refractivity (Wildman–Crippen MR) is 31.2 cm³/mol. The molecule has 0 amide bonds. The van der Waals surface area contributed by atoms with Crippen molar-refractivity contribution >= 4 is 36.6 Å². The zero-order valence-electron chi connectivity index (χ0n) is 3.70. The number of rotatable bonds is 0. The average molecular weight is 237 g/mol. The first-order chi connectivity index (χ1) is 3.29. The molecule has 0 fully saturated rings. The molecule has 1 aromatic rings. The fourth-order valence-corrected chi connectivity index (χ4v) is 1.22. The fourth-order valence-electron chi connectivity index (χ4n) is 0.197. The molecule has 0 unspecified atom stereocenters. The molecule has 0 saturated carbocycles. The first-order valence-electron chi connectivity index (χ1n) is 1.46. The summed E-state index contributed by atoms with van der Waals surface area (Å²) in [6, 6.07) is 0. The Hall–Kier alpha value is 1.10. The van der Waals surface area contributed by atoms with Crippen LogP contribution in [0.15, 0.2) is 8.68 Å². The van der Waals surface area contributed by atoms with Crippen molar-refractivity contribution in [1.82, 2.24) is 10.2 Å². The molecule has 1 radical (unpaired) electrons. The van der Waals surface area contributed by atoms with Crippen molar-refractivity contribution in [3.63, 3.8) is 0 Å². The third-order valence-electron chi connectivity index (χ3n) is 0.388. The quantitative estimate of drug-likeness (QED) is 0.608. The standard InChI is InChI=1S/C2H2N2S3.Y/c5-1-3-4-2(6)7-1;/h(H,3,5)(H,4,6);/p-2. The molecule has 1 aromatic heterocycles. The maximum atomic E-state index is 4.61. The molecule has 0 atom stereocenters. The number of hydrogen-bond acceptors (Lipinski definition) is 5. The molecule has 2 nitrogen and oxygen atoms in total. The van der Waals surface area contributed by atoms with E-state index in [1.807, 2.05) is 0 Å². The Morgan fingerprint density at radius 2 is 1.50 bits per heavy atom. The molecule has 0 spiro atoms. The van der Waals surface area contributed by atoms with Crippen molar-refractivity contribution in [2.24, 2.45) is 0 Å². The van der Waals surface area contributed by atoms with E-state index in [1.165, 1.54) is 11.3 Å².